The van der Waals surface area contributed by atoms with Crippen LogP contribution >= 0.6 is 0 Å². The highest BCUT2D eigenvalue weighted by molar-refractivity contribution is 7.89. The first-order chi connectivity index (χ1) is 12.4. The van der Waals surface area contributed by atoms with Crippen molar-refractivity contribution in [1.82, 2.24) is 14.5 Å². The summed E-state index contributed by atoms with van der Waals surface area (Å²) in [5.74, 6) is 0. The maximum absolute atomic E-state index is 12.7. The molecule has 6 heteroatoms. The van der Waals surface area contributed by atoms with Crippen molar-refractivity contribution in [3.8, 4) is 5.69 Å². The number of benzene rings is 2. The summed E-state index contributed by atoms with van der Waals surface area (Å²) in [6.07, 6.45) is 4.27. The minimum absolute atomic E-state index is 0.329. The van der Waals surface area contributed by atoms with Crippen molar-refractivity contribution in [3.05, 3.63) is 77.1 Å². The predicted octanol–water partition coefficient (Wildman–Crippen LogP) is 3.32. The Hall–Kier alpha value is -2.44. The van der Waals surface area contributed by atoms with Gasteiger partial charge in [-0.25, -0.2) is 17.8 Å². The lowest BCUT2D eigenvalue weighted by Gasteiger charge is -2.12. The van der Waals surface area contributed by atoms with Crippen LogP contribution in [0.4, 0.5) is 0 Å². The summed E-state index contributed by atoms with van der Waals surface area (Å²) in [6.45, 7) is 5.96. The molecular weight excluding hydrogens is 346 g/mol. The van der Waals surface area contributed by atoms with Gasteiger partial charge in [0.15, 0.2) is 0 Å². The Kier molecular flexibility index (Phi) is 5.25. The molecule has 0 radical (unpaired) electrons. The van der Waals surface area contributed by atoms with Gasteiger partial charge in [-0.2, -0.15) is 5.10 Å². The quantitative estimate of drug-likeness (QED) is 0.725. The molecule has 1 heterocycles. The summed E-state index contributed by atoms with van der Waals surface area (Å²) < 4.78 is 29.8. The molecule has 1 aromatic heterocycles. The highest BCUT2D eigenvalue weighted by Crippen LogP contribution is 2.21. The van der Waals surface area contributed by atoms with Gasteiger partial charge in [0.1, 0.15) is 0 Å². The molecule has 0 amide bonds. The molecule has 0 bridgehead atoms. The number of nitrogens with zero attached hydrogens (tertiary/aromatic N) is 2. The summed E-state index contributed by atoms with van der Waals surface area (Å²) in [5.41, 5.74) is 4.56. The smallest absolute Gasteiger partial charge is 0.241 e. The van der Waals surface area contributed by atoms with Crippen LogP contribution in [0.15, 0.2) is 59.8 Å². The van der Waals surface area contributed by atoms with E-state index in [-0.39, 0.29) is 0 Å². The molecule has 0 aliphatic carbocycles. The standard InChI is InChI=1S/C20H23N3O2S/c1-15-11-16(2)20(17(3)12-15)26(24,25)22-10-9-18-13-21-23(14-18)19-7-5-4-6-8-19/h4-8,11-14,22H,9-10H2,1-3H3. The second kappa shape index (κ2) is 7.43. The molecule has 26 heavy (non-hydrogen) atoms. The topological polar surface area (TPSA) is 64.0 Å². The predicted molar refractivity (Wildman–Crippen MR) is 103 cm³/mol. The molecule has 3 aromatic rings. The number of sulfonamides is 1. The summed E-state index contributed by atoms with van der Waals surface area (Å²) in [6, 6.07) is 13.6. The zero-order valence-corrected chi connectivity index (χ0v) is 16.0. The fraction of sp³-hybridized carbons (Fsp3) is 0.250. The molecule has 1 N–H and O–H groups in total. The Balaban J connectivity index is 1.68. The second-order valence-corrected chi connectivity index (χ2v) is 8.21. The molecule has 2 aromatic carbocycles. The van der Waals surface area contributed by atoms with Crippen molar-refractivity contribution in [2.45, 2.75) is 32.1 Å². The molecule has 136 valence electrons. The lowest BCUT2D eigenvalue weighted by molar-refractivity contribution is 0.580. The maximum atomic E-state index is 12.7. The largest absolute Gasteiger partial charge is 0.241 e. The van der Waals surface area contributed by atoms with Crippen molar-refractivity contribution in [3.63, 3.8) is 0 Å². The van der Waals surface area contributed by atoms with Crippen molar-refractivity contribution in [1.29, 1.82) is 0 Å². The fourth-order valence-electron chi connectivity index (χ4n) is 3.20. The number of aryl methyl sites for hydroxylation is 3. The van der Waals surface area contributed by atoms with Gasteiger partial charge in [-0.1, -0.05) is 35.9 Å². The third kappa shape index (κ3) is 4.03. The minimum Gasteiger partial charge on any atom is -0.241 e. The van der Waals surface area contributed by atoms with E-state index in [9.17, 15) is 8.42 Å². The minimum atomic E-state index is -3.53. The Bertz CT molecular complexity index is 986. The van der Waals surface area contributed by atoms with Crippen LogP contribution in [0.5, 0.6) is 0 Å². The molecule has 0 saturated heterocycles. The summed E-state index contributed by atoms with van der Waals surface area (Å²) in [5, 5.41) is 4.34. The second-order valence-electron chi connectivity index (χ2n) is 6.50. The average Bonchev–Trinajstić information content (AvgIpc) is 3.03. The first-order valence-electron chi connectivity index (χ1n) is 8.53. The van der Waals surface area contributed by atoms with Gasteiger partial charge in [-0.15, -0.1) is 0 Å². The SMILES string of the molecule is Cc1cc(C)c(S(=O)(=O)NCCc2cnn(-c3ccccc3)c2)c(C)c1. The van der Waals surface area contributed by atoms with E-state index in [4.69, 9.17) is 0 Å². The highest BCUT2D eigenvalue weighted by atomic mass is 32.2. The molecule has 0 spiro atoms. The normalized spacial score (nSPS) is 11.7. The van der Waals surface area contributed by atoms with Gasteiger partial charge in [-0.3, -0.25) is 0 Å². The maximum Gasteiger partial charge on any atom is 0.241 e. The molecule has 0 aliphatic rings. The van der Waals surface area contributed by atoms with Crippen LogP contribution in [-0.4, -0.2) is 24.7 Å². The van der Waals surface area contributed by atoms with Crippen molar-refractivity contribution >= 4 is 10.0 Å². The van der Waals surface area contributed by atoms with Gasteiger partial charge in [0.25, 0.3) is 0 Å². The molecular formula is C20H23N3O2S. The Labute approximate surface area is 154 Å². The van der Waals surface area contributed by atoms with Crippen molar-refractivity contribution in [2.24, 2.45) is 0 Å². The zero-order valence-electron chi connectivity index (χ0n) is 15.2. The number of rotatable bonds is 6. The van der Waals surface area contributed by atoms with E-state index in [1.165, 1.54) is 0 Å². The van der Waals surface area contributed by atoms with Crippen LogP contribution in [-0.2, 0) is 16.4 Å². The zero-order chi connectivity index (χ0) is 18.7. The van der Waals surface area contributed by atoms with Gasteiger partial charge in [0.2, 0.25) is 10.0 Å². The molecule has 0 unspecified atom stereocenters. The number of hydrogen-bond donors (Lipinski definition) is 1. The fourth-order valence-corrected chi connectivity index (χ4v) is 4.68. The van der Waals surface area contributed by atoms with Gasteiger partial charge in [-0.05, 0) is 56.0 Å². The van der Waals surface area contributed by atoms with E-state index in [1.54, 1.807) is 10.9 Å². The van der Waals surface area contributed by atoms with Crippen molar-refractivity contribution < 1.29 is 8.42 Å². The number of nitrogens with one attached hydrogen (secondary N) is 1. The van der Waals surface area contributed by atoms with E-state index >= 15 is 0 Å². The summed E-state index contributed by atoms with van der Waals surface area (Å²) >= 11 is 0. The van der Waals surface area contributed by atoms with Crippen molar-refractivity contribution in [2.75, 3.05) is 6.54 Å². The van der Waals surface area contributed by atoms with E-state index in [1.807, 2.05) is 69.4 Å². The number of para-hydroxylation sites is 1. The molecule has 0 fully saturated rings. The highest BCUT2D eigenvalue weighted by Gasteiger charge is 2.19. The van der Waals surface area contributed by atoms with Gasteiger partial charge in [0, 0.05) is 12.7 Å². The molecule has 3 rings (SSSR count). The van der Waals surface area contributed by atoms with Crippen LogP contribution in [0.1, 0.15) is 22.3 Å². The summed E-state index contributed by atoms with van der Waals surface area (Å²) in [4.78, 5) is 0.378. The molecule has 0 atom stereocenters. The first kappa shape index (κ1) is 18.4. The summed E-state index contributed by atoms with van der Waals surface area (Å²) in [7, 11) is -3.53. The number of hydrogen-bond acceptors (Lipinski definition) is 3. The van der Waals surface area contributed by atoms with Gasteiger partial charge >= 0.3 is 0 Å². The Morgan fingerprint density at radius 3 is 2.35 bits per heavy atom. The molecule has 5 nitrogen and oxygen atoms in total. The average molecular weight is 369 g/mol. The van der Waals surface area contributed by atoms with E-state index in [2.05, 4.69) is 9.82 Å². The van der Waals surface area contributed by atoms with E-state index in [0.717, 1.165) is 27.9 Å². The van der Waals surface area contributed by atoms with Gasteiger partial charge < -0.3 is 0 Å². The van der Waals surface area contributed by atoms with Crippen LogP contribution in [0.25, 0.3) is 5.69 Å². The number of aromatic nitrogens is 2. The monoisotopic (exact) mass is 369 g/mol. The lowest BCUT2D eigenvalue weighted by Crippen LogP contribution is -2.27. The van der Waals surface area contributed by atoms with E-state index in [0.29, 0.717) is 17.9 Å². The Morgan fingerprint density at radius 2 is 1.69 bits per heavy atom. The third-order valence-corrected chi connectivity index (χ3v) is 6.00. The lowest BCUT2D eigenvalue weighted by atomic mass is 10.1. The van der Waals surface area contributed by atoms with Crippen LogP contribution in [0.3, 0.4) is 0 Å². The Morgan fingerprint density at radius 1 is 1.04 bits per heavy atom. The van der Waals surface area contributed by atoms with Gasteiger partial charge in [0.05, 0.1) is 16.8 Å². The van der Waals surface area contributed by atoms with Crippen LogP contribution in [0.2, 0.25) is 0 Å². The molecule has 0 aliphatic heterocycles. The van der Waals surface area contributed by atoms with Crippen LogP contribution < -0.4 is 4.72 Å². The third-order valence-electron chi connectivity index (χ3n) is 4.24. The molecule has 0 saturated carbocycles. The first-order valence-corrected chi connectivity index (χ1v) is 10.0. The van der Waals surface area contributed by atoms with Crippen LogP contribution in [0, 0.1) is 20.8 Å². The van der Waals surface area contributed by atoms with E-state index < -0.39 is 10.0 Å².